The van der Waals surface area contributed by atoms with E-state index in [0.29, 0.717) is 5.92 Å². The summed E-state index contributed by atoms with van der Waals surface area (Å²) in [6.07, 6.45) is 5.99. The highest BCUT2D eigenvalue weighted by atomic mass is 15.3. The van der Waals surface area contributed by atoms with Gasteiger partial charge in [-0.3, -0.25) is 0 Å². The van der Waals surface area contributed by atoms with Crippen LogP contribution in [0.5, 0.6) is 0 Å². The number of quaternary nitrogens is 1. The van der Waals surface area contributed by atoms with Gasteiger partial charge in [0.1, 0.15) is 0 Å². The van der Waals surface area contributed by atoms with Crippen LogP contribution in [-0.4, -0.2) is 30.7 Å². The molecule has 0 bridgehead atoms. The molecule has 80 valence electrons. The van der Waals surface area contributed by atoms with Crippen molar-refractivity contribution < 1.29 is 4.48 Å². The van der Waals surface area contributed by atoms with Crippen LogP contribution in [0.2, 0.25) is 0 Å². The van der Waals surface area contributed by atoms with Crippen molar-refractivity contribution >= 4 is 0 Å². The van der Waals surface area contributed by atoms with Crippen molar-refractivity contribution in [2.24, 2.45) is 5.92 Å². The largest absolute Gasteiger partial charge is 0.314 e. The summed E-state index contributed by atoms with van der Waals surface area (Å²) in [7, 11) is 0. The summed E-state index contributed by atoms with van der Waals surface area (Å²) in [6, 6.07) is 0. The van der Waals surface area contributed by atoms with Crippen molar-refractivity contribution in [3.63, 3.8) is 0 Å². The molecule has 0 heterocycles. The fourth-order valence-electron chi connectivity index (χ4n) is 2.04. The molecule has 0 amide bonds. The average molecular weight is 194 g/mol. The normalized spacial score (nSPS) is 11.4. The van der Waals surface area contributed by atoms with Gasteiger partial charge in [-0.2, -0.15) is 0 Å². The van der Waals surface area contributed by atoms with Gasteiger partial charge in [0, 0.05) is 5.92 Å². The van der Waals surface area contributed by atoms with Gasteiger partial charge >= 0.3 is 0 Å². The molecule has 0 radical (unpaired) electrons. The summed E-state index contributed by atoms with van der Waals surface area (Å²) < 4.78 is 1.01. The van der Waals surface area contributed by atoms with E-state index in [1.807, 2.05) is 18.2 Å². The van der Waals surface area contributed by atoms with Crippen LogP contribution in [0.4, 0.5) is 0 Å². The lowest BCUT2D eigenvalue weighted by Gasteiger charge is -2.37. The number of nitrogens with zero attached hydrogens (tertiary/aromatic N) is 1. The van der Waals surface area contributed by atoms with Gasteiger partial charge in [0.15, 0.2) is 0 Å². The fraction of sp³-hybridized carbons (Fsp3) is 0.538. The second-order valence-corrected chi connectivity index (χ2v) is 4.33. The van der Waals surface area contributed by atoms with Crippen molar-refractivity contribution in [3.8, 4) is 0 Å². The Balaban J connectivity index is 4.60. The lowest BCUT2D eigenvalue weighted by atomic mass is 10.1. The fourth-order valence-corrected chi connectivity index (χ4v) is 2.04. The molecule has 0 saturated carbocycles. The molecule has 1 nitrogen and oxygen atoms in total. The Morgan fingerprint density at radius 2 is 1.29 bits per heavy atom. The summed E-state index contributed by atoms with van der Waals surface area (Å²) in [5.74, 6) is 0.690. The Labute approximate surface area is 89.0 Å². The Kier molecular flexibility index (Phi) is 6.22. The number of hydrogen-bond donors (Lipinski definition) is 0. The first-order chi connectivity index (χ1) is 6.60. The monoisotopic (exact) mass is 194 g/mol. The van der Waals surface area contributed by atoms with E-state index in [0.717, 1.165) is 30.7 Å². The molecule has 0 N–H and O–H groups in total. The minimum absolute atomic E-state index is 0.690. The van der Waals surface area contributed by atoms with Crippen LogP contribution in [-0.2, 0) is 0 Å². The van der Waals surface area contributed by atoms with Crippen LogP contribution in [0.25, 0.3) is 0 Å². The molecule has 0 aliphatic rings. The van der Waals surface area contributed by atoms with E-state index in [2.05, 4.69) is 33.6 Å². The maximum absolute atomic E-state index is 3.83. The summed E-state index contributed by atoms with van der Waals surface area (Å²) in [5.41, 5.74) is 0. The van der Waals surface area contributed by atoms with Crippen LogP contribution in [0.1, 0.15) is 13.8 Å². The third-order valence-electron chi connectivity index (χ3n) is 2.30. The summed E-state index contributed by atoms with van der Waals surface area (Å²) in [5, 5.41) is 0. The van der Waals surface area contributed by atoms with Crippen molar-refractivity contribution in [1.82, 2.24) is 0 Å². The molecule has 0 rings (SSSR count). The Morgan fingerprint density at radius 1 is 0.929 bits per heavy atom. The quantitative estimate of drug-likeness (QED) is 0.411. The summed E-state index contributed by atoms with van der Waals surface area (Å²) in [4.78, 5) is 0. The van der Waals surface area contributed by atoms with Crippen LogP contribution < -0.4 is 0 Å². The van der Waals surface area contributed by atoms with Crippen molar-refractivity contribution in [1.29, 1.82) is 0 Å². The van der Waals surface area contributed by atoms with E-state index < -0.39 is 0 Å². The highest BCUT2D eigenvalue weighted by Gasteiger charge is 2.23. The molecule has 0 saturated heterocycles. The van der Waals surface area contributed by atoms with Crippen molar-refractivity contribution in [2.75, 3.05) is 26.2 Å². The maximum atomic E-state index is 3.83. The number of rotatable bonds is 8. The average Bonchev–Trinajstić information content (AvgIpc) is 2.03. The molecule has 0 aromatic heterocycles. The minimum Gasteiger partial charge on any atom is -0.314 e. The predicted molar refractivity (Wildman–Crippen MR) is 65.2 cm³/mol. The van der Waals surface area contributed by atoms with Crippen LogP contribution in [0, 0.1) is 5.92 Å². The van der Waals surface area contributed by atoms with Crippen molar-refractivity contribution in [3.05, 3.63) is 38.0 Å². The highest BCUT2D eigenvalue weighted by Crippen LogP contribution is 2.12. The highest BCUT2D eigenvalue weighted by molar-refractivity contribution is 4.76. The molecule has 0 aliphatic heterocycles. The topological polar surface area (TPSA) is 0 Å². The van der Waals surface area contributed by atoms with Gasteiger partial charge in [-0.1, -0.05) is 33.6 Å². The molecule has 14 heavy (non-hydrogen) atoms. The molecule has 0 spiro atoms. The van der Waals surface area contributed by atoms with Gasteiger partial charge in [0.25, 0.3) is 0 Å². The third kappa shape index (κ3) is 4.43. The first kappa shape index (κ1) is 13.2. The summed E-state index contributed by atoms with van der Waals surface area (Å²) >= 11 is 0. The molecule has 0 aliphatic carbocycles. The molecular formula is C13H24N+. The minimum atomic E-state index is 0.690. The Bertz CT molecular complexity index is 165. The van der Waals surface area contributed by atoms with Gasteiger partial charge < -0.3 is 4.48 Å². The first-order valence-corrected chi connectivity index (χ1v) is 5.28. The molecule has 0 atom stereocenters. The van der Waals surface area contributed by atoms with E-state index in [-0.39, 0.29) is 0 Å². The second-order valence-electron chi connectivity index (χ2n) is 4.33. The SMILES string of the molecule is C=CC[N+](CC=C)(CC=C)CC(C)C. The smallest absolute Gasteiger partial charge is 0.0976 e. The standard InChI is InChI=1S/C13H24N/c1-6-9-14(10-7-2,11-8-3)12-13(4)5/h6-8,13H,1-3,9-12H2,4-5H3/q+1. The van der Waals surface area contributed by atoms with E-state index in [1.54, 1.807) is 0 Å². The molecular weight excluding hydrogens is 170 g/mol. The third-order valence-corrected chi connectivity index (χ3v) is 2.30. The molecule has 0 aromatic carbocycles. The lowest BCUT2D eigenvalue weighted by molar-refractivity contribution is -0.914. The van der Waals surface area contributed by atoms with E-state index in [1.165, 1.54) is 0 Å². The van der Waals surface area contributed by atoms with Gasteiger partial charge in [0.2, 0.25) is 0 Å². The zero-order chi connectivity index (χ0) is 11.0. The van der Waals surface area contributed by atoms with E-state index in [4.69, 9.17) is 0 Å². The first-order valence-electron chi connectivity index (χ1n) is 5.28. The van der Waals surface area contributed by atoms with Gasteiger partial charge in [0.05, 0.1) is 26.2 Å². The zero-order valence-corrected chi connectivity index (χ0v) is 9.71. The van der Waals surface area contributed by atoms with Gasteiger partial charge in [-0.05, 0) is 18.2 Å². The molecule has 0 aromatic rings. The second kappa shape index (κ2) is 6.61. The molecule has 0 unspecified atom stereocenters. The number of hydrogen-bond acceptors (Lipinski definition) is 0. The van der Waals surface area contributed by atoms with Crippen LogP contribution >= 0.6 is 0 Å². The molecule has 0 fully saturated rings. The predicted octanol–water partition coefficient (Wildman–Crippen LogP) is 3.02. The Morgan fingerprint density at radius 3 is 1.50 bits per heavy atom. The van der Waals surface area contributed by atoms with Crippen molar-refractivity contribution in [2.45, 2.75) is 13.8 Å². The van der Waals surface area contributed by atoms with Gasteiger partial charge in [-0.15, -0.1) is 0 Å². The van der Waals surface area contributed by atoms with Crippen LogP contribution in [0.3, 0.4) is 0 Å². The maximum Gasteiger partial charge on any atom is 0.0976 e. The van der Waals surface area contributed by atoms with E-state index in [9.17, 15) is 0 Å². The Hall–Kier alpha value is -0.820. The molecule has 1 heteroatoms. The van der Waals surface area contributed by atoms with Gasteiger partial charge in [-0.25, -0.2) is 0 Å². The van der Waals surface area contributed by atoms with E-state index >= 15 is 0 Å². The lowest BCUT2D eigenvalue weighted by Crippen LogP contribution is -2.50. The summed E-state index contributed by atoms with van der Waals surface area (Å²) in [6.45, 7) is 20.1. The van der Waals surface area contributed by atoms with Crippen LogP contribution in [0.15, 0.2) is 38.0 Å². The zero-order valence-electron chi connectivity index (χ0n) is 9.71.